The molecule has 4 rings (SSSR count). The Morgan fingerprint density at radius 3 is 2.32 bits per heavy atom. The quantitative estimate of drug-likeness (QED) is 0.671. The maximum atomic E-state index is 13.6. The Balaban J connectivity index is 1.56. The van der Waals surface area contributed by atoms with E-state index in [4.69, 9.17) is 4.74 Å². The van der Waals surface area contributed by atoms with E-state index in [9.17, 15) is 14.4 Å². The van der Waals surface area contributed by atoms with Crippen molar-refractivity contribution in [2.45, 2.75) is 64.6 Å². The van der Waals surface area contributed by atoms with Crippen LogP contribution in [0.1, 0.15) is 51.2 Å². The van der Waals surface area contributed by atoms with Crippen LogP contribution < -0.4 is 9.80 Å². The third kappa shape index (κ3) is 5.08. The lowest BCUT2D eigenvalue weighted by molar-refractivity contribution is -0.124. The molecule has 0 spiro atoms. The summed E-state index contributed by atoms with van der Waals surface area (Å²) in [4.78, 5) is 43.8. The van der Waals surface area contributed by atoms with Gasteiger partial charge >= 0.3 is 6.09 Å². The molecule has 2 aliphatic rings. The van der Waals surface area contributed by atoms with Crippen molar-refractivity contribution in [3.8, 4) is 0 Å². The summed E-state index contributed by atoms with van der Waals surface area (Å²) < 4.78 is 5.63. The van der Waals surface area contributed by atoms with Crippen LogP contribution in [0, 0.1) is 0 Å². The third-order valence-electron chi connectivity index (χ3n) is 6.36. The van der Waals surface area contributed by atoms with Gasteiger partial charge in [-0.2, -0.15) is 0 Å². The van der Waals surface area contributed by atoms with Crippen molar-refractivity contribution in [2.24, 2.45) is 0 Å². The minimum Gasteiger partial charge on any atom is -0.444 e. The number of hydrogen-bond acceptors (Lipinski definition) is 4. The molecule has 180 valence electrons. The average molecular weight is 464 g/mol. The van der Waals surface area contributed by atoms with Crippen LogP contribution in [0.15, 0.2) is 48.5 Å². The van der Waals surface area contributed by atoms with Crippen LogP contribution in [0.25, 0.3) is 0 Å². The first-order chi connectivity index (χ1) is 16.1. The topological polar surface area (TPSA) is 70.2 Å². The van der Waals surface area contributed by atoms with E-state index in [1.165, 1.54) is 4.90 Å². The molecular formula is C27H33N3O4. The standard InChI is InChI=1S/C27H33N3O4/c1-27(2,3)34-26(33)30-18-20-10-6-5-9-19(20)17-23(30)25(32)28(4)21-12-14-22(15-13-21)29-16-8-7-11-24(29)31/h5-6,9-10,12-15,23H,7-8,11,16-18H2,1-4H3/t23-/m1/s1. The maximum absolute atomic E-state index is 13.6. The summed E-state index contributed by atoms with van der Waals surface area (Å²) in [6.45, 7) is 6.51. The van der Waals surface area contributed by atoms with Crippen LogP contribution in [0.3, 0.4) is 0 Å². The minimum absolute atomic E-state index is 0.136. The molecular weight excluding hydrogens is 430 g/mol. The van der Waals surface area contributed by atoms with Gasteiger partial charge in [-0.05, 0) is 69.0 Å². The number of rotatable bonds is 3. The summed E-state index contributed by atoms with van der Waals surface area (Å²) in [7, 11) is 1.72. The summed E-state index contributed by atoms with van der Waals surface area (Å²) in [5, 5.41) is 0. The van der Waals surface area contributed by atoms with Gasteiger partial charge in [-0.15, -0.1) is 0 Å². The molecule has 3 amide bonds. The van der Waals surface area contributed by atoms with E-state index >= 15 is 0 Å². The van der Waals surface area contributed by atoms with Crippen LogP contribution in [0.2, 0.25) is 0 Å². The Kier molecular flexibility index (Phi) is 6.64. The predicted molar refractivity (Wildman–Crippen MR) is 132 cm³/mol. The first-order valence-electron chi connectivity index (χ1n) is 11.9. The van der Waals surface area contributed by atoms with Gasteiger partial charge in [0, 0.05) is 37.8 Å². The Bertz CT molecular complexity index is 1070. The fraction of sp³-hybridized carbons (Fsp3) is 0.444. The predicted octanol–water partition coefficient (Wildman–Crippen LogP) is 4.53. The number of amides is 3. The molecule has 0 aromatic heterocycles. The zero-order valence-corrected chi connectivity index (χ0v) is 20.4. The highest BCUT2D eigenvalue weighted by atomic mass is 16.6. The molecule has 2 aliphatic heterocycles. The van der Waals surface area contributed by atoms with Crippen molar-refractivity contribution < 1.29 is 19.1 Å². The van der Waals surface area contributed by atoms with Crippen molar-refractivity contribution in [3.05, 3.63) is 59.7 Å². The molecule has 7 heteroatoms. The smallest absolute Gasteiger partial charge is 0.411 e. The number of benzene rings is 2. The number of hydrogen-bond donors (Lipinski definition) is 0. The normalized spacial score (nSPS) is 18.4. The summed E-state index contributed by atoms with van der Waals surface area (Å²) in [6, 6.07) is 14.7. The fourth-order valence-electron chi connectivity index (χ4n) is 4.54. The number of ether oxygens (including phenoxy) is 1. The molecule has 0 saturated carbocycles. The number of anilines is 2. The second kappa shape index (κ2) is 9.49. The molecule has 0 bridgehead atoms. The molecule has 0 unspecified atom stereocenters. The highest BCUT2D eigenvalue weighted by molar-refractivity contribution is 5.99. The lowest BCUT2D eigenvalue weighted by Crippen LogP contribution is -2.54. The van der Waals surface area contributed by atoms with E-state index in [0.717, 1.165) is 36.2 Å². The van der Waals surface area contributed by atoms with Crippen molar-refractivity contribution in [3.63, 3.8) is 0 Å². The molecule has 1 atom stereocenters. The highest BCUT2D eigenvalue weighted by Crippen LogP contribution is 2.29. The largest absolute Gasteiger partial charge is 0.444 e. The molecule has 0 radical (unpaired) electrons. The van der Waals surface area contributed by atoms with Gasteiger partial charge in [-0.3, -0.25) is 14.5 Å². The Labute approximate surface area is 201 Å². The van der Waals surface area contributed by atoms with Gasteiger partial charge in [0.1, 0.15) is 11.6 Å². The van der Waals surface area contributed by atoms with Crippen molar-refractivity contribution >= 4 is 29.3 Å². The molecule has 0 aliphatic carbocycles. The van der Waals surface area contributed by atoms with E-state index in [1.807, 2.05) is 69.3 Å². The Hall–Kier alpha value is -3.35. The minimum atomic E-state index is -0.668. The van der Waals surface area contributed by atoms with E-state index < -0.39 is 17.7 Å². The number of nitrogens with zero attached hydrogens (tertiary/aromatic N) is 3. The summed E-state index contributed by atoms with van der Waals surface area (Å²) in [6.07, 6.45) is 2.44. The lowest BCUT2D eigenvalue weighted by Gasteiger charge is -2.38. The van der Waals surface area contributed by atoms with Crippen LogP contribution in [-0.2, 0) is 27.3 Å². The highest BCUT2D eigenvalue weighted by Gasteiger charge is 2.38. The zero-order chi connectivity index (χ0) is 24.5. The van der Waals surface area contributed by atoms with Crippen LogP contribution in [0.4, 0.5) is 16.2 Å². The van der Waals surface area contributed by atoms with E-state index in [2.05, 4.69) is 0 Å². The third-order valence-corrected chi connectivity index (χ3v) is 6.36. The fourth-order valence-corrected chi connectivity index (χ4v) is 4.54. The molecule has 2 aromatic rings. The van der Waals surface area contributed by atoms with Crippen LogP contribution in [0.5, 0.6) is 0 Å². The molecule has 1 saturated heterocycles. The number of carbonyl (C=O) groups is 3. The molecule has 0 N–H and O–H groups in total. The molecule has 34 heavy (non-hydrogen) atoms. The number of carbonyl (C=O) groups excluding carboxylic acids is 3. The zero-order valence-electron chi connectivity index (χ0n) is 20.4. The van der Waals surface area contributed by atoms with Gasteiger partial charge in [-0.25, -0.2) is 4.79 Å². The summed E-state index contributed by atoms with van der Waals surface area (Å²) in [5.74, 6) is -0.0422. The van der Waals surface area contributed by atoms with Gasteiger partial charge in [-0.1, -0.05) is 24.3 Å². The van der Waals surface area contributed by atoms with Gasteiger partial charge in [0.05, 0.1) is 6.54 Å². The van der Waals surface area contributed by atoms with Crippen molar-refractivity contribution in [1.82, 2.24) is 4.90 Å². The van der Waals surface area contributed by atoms with Gasteiger partial charge in [0.25, 0.3) is 0 Å². The molecule has 1 fully saturated rings. The van der Waals surface area contributed by atoms with Crippen LogP contribution in [-0.4, -0.2) is 48.0 Å². The van der Waals surface area contributed by atoms with Gasteiger partial charge in [0.15, 0.2) is 0 Å². The second-order valence-electron chi connectivity index (χ2n) is 10.0. The van der Waals surface area contributed by atoms with E-state index in [0.29, 0.717) is 25.1 Å². The maximum Gasteiger partial charge on any atom is 0.411 e. The molecule has 2 heterocycles. The van der Waals surface area contributed by atoms with Gasteiger partial charge in [0.2, 0.25) is 11.8 Å². The summed E-state index contributed by atoms with van der Waals surface area (Å²) >= 11 is 0. The lowest BCUT2D eigenvalue weighted by atomic mass is 9.93. The molecule has 7 nitrogen and oxygen atoms in total. The number of fused-ring (bicyclic) bond motifs is 1. The summed E-state index contributed by atoms with van der Waals surface area (Å²) in [5.41, 5.74) is 2.98. The number of piperidine rings is 1. The second-order valence-corrected chi connectivity index (χ2v) is 10.0. The first kappa shape index (κ1) is 23.8. The number of likely N-dealkylation sites (N-methyl/N-ethyl adjacent to an activating group) is 1. The Morgan fingerprint density at radius 2 is 1.68 bits per heavy atom. The van der Waals surface area contributed by atoms with Crippen molar-refractivity contribution in [2.75, 3.05) is 23.4 Å². The monoisotopic (exact) mass is 463 g/mol. The average Bonchev–Trinajstić information content (AvgIpc) is 2.81. The van der Waals surface area contributed by atoms with Crippen LogP contribution >= 0.6 is 0 Å². The Morgan fingerprint density at radius 1 is 1.00 bits per heavy atom. The molecule has 2 aromatic carbocycles. The van der Waals surface area contributed by atoms with Crippen molar-refractivity contribution in [1.29, 1.82) is 0 Å². The SMILES string of the molecule is CN(C(=O)[C@H]1Cc2ccccc2CN1C(=O)OC(C)(C)C)c1ccc(N2CCCCC2=O)cc1. The van der Waals surface area contributed by atoms with Gasteiger partial charge < -0.3 is 14.5 Å². The van der Waals surface area contributed by atoms with E-state index in [1.54, 1.807) is 16.8 Å². The van der Waals surface area contributed by atoms with E-state index in [-0.39, 0.29) is 11.8 Å². The first-order valence-corrected chi connectivity index (χ1v) is 11.9.